The number of phenols is 1. The zero-order valence-electron chi connectivity index (χ0n) is 16.6. The molecule has 1 rings (SSSR count). The van der Waals surface area contributed by atoms with E-state index in [4.69, 9.17) is 9.47 Å². The highest BCUT2D eigenvalue weighted by molar-refractivity contribution is 6.00. The molecule has 0 aliphatic carbocycles. The number of aromatic hydroxyl groups is 1. The van der Waals surface area contributed by atoms with Gasteiger partial charge < -0.3 is 24.1 Å². The molecule has 0 bridgehead atoms. The first kappa shape index (κ1) is 22.8. The van der Waals surface area contributed by atoms with Crippen LogP contribution in [-0.4, -0.2) is 51.1 Å². The number of carbonyl (C=O) groups excluding carboxylic acids is 3. The van der Waals surface area contributed by atoms with Gasteiger partial charge in [-0.25, -0.2) is 4.79 Å². The average molecular weight is 392 g/mol. The Morgan fingerprint density at radius 3 is 1.96 bits per heavy atom. The number of methoxy groups -OCH3 is 3. The summed E-state index contributed by atoms with van der Waals surface area (Å²) >= 11 is 0. The summed E-state index contributed by atoms with van der Waals surface area (Å²) in [5, 5.41) is 9.95. The number of phenolic OH excluding ortho intramolecular Hbond substituents is 1. The van der Waals surface area contributed by atoms with Crippen molar-refractivity contribution < 1.29 is 38.4 Å². The van der Waals surface area contributed by atoms with Crippen molar-refractivity contribution in [3.05, 3.63) is 28.8 Å². The summed E-state index contributed by atoms with van der Waals surface area (Å²) < 4.78 is 18.7. The van der Waals surface area contributed by atoms with E-state index in [1.54, 1.807) is 26.0 Å². The van der Waals surface area contributed by atoms with Crippen molar-refractivity contribution in [2.24, 2.45) is 5.41 Å². The minimum Gasteiger partial charge on any atom is -0.507 e. The second-order valence-corrected chi connectivity index (χ2v) is 6.09. The summed E-state index contributed by atoms with van der Waals surface area (Å²) in [5.41, 5.74) is 0.140. The molecule has 0 aromatic heterocycles. The summed E-state index contributed by atoms with van der Waals surface area (Å²) in [5.74, 6) is 3.76. The minimum atomic E-state index is -1.71. The van der Waals surface area contributed by atoms with Crippen LogP contribution in [-0.2, 0) is 35.0 Å². The van der Waals surface area contributed by atoms with Crippen molar-refractivity contribution in [3.63, 3.8) is 0 Å². The monoisotopic (exact) mass is 392 g/mol. The molecule has 1 aromatic rings. The van der Waals surface area contributed by atoms with E-state index in [2.05, 4.69) is 21.3 Å². The maximum atomic E-state index is 12.5. The van der Waals surface area contributed by atoms with Gasteiger partial charge in [-0.1, -0.05) is 24.0 Å². The molecule has 1 aromatic carbocycles. The van der Waals surface area contributed by atoms with Gasteiger partial charge in [-0.05, 0) is 30.5 Å². The minimum absolute atomic E-state index is 0.0408. The Labute approximate surface area is 163 Å². The predicted molar refractivity (Wildman–Crippen MR) is 98.5 cm³/mol. The molecule has 0 amide bonds. The van der Waals surface area contributed by atoms with Gasteiger partial charge in [-0.2, -0.15) is 0 Å². The van der Waals surface area contributed by atoms with E-state index >= 15 is 0 Å². The smallest absolute Gasteiger partial charge is 0.507 e. The SMILES string of the molecule is COC(=O)OCC#CCC(Cc1cc(C)c(O)c(C)c1)(C(=O)OC)C(=O)OC. The number of hydrogen-bond donors (Lipinski definition) is 1. The number of ether oxygens (including phenoxy) is 4. The lowest BCUT2D eigenvalue weighted by molar-refractivity contribution is -0.168. The van der Waals surface area contributed by atoms with Crippen molar-refractivity contribution in [1.29, 1.82) is 0 Å². The molecular weight excluding hydrogens is 368 g/mol. The standard InChI is InChI=1S/C20H24O8/c1-13-10-15(11-14(2)16(13)21)12-20(17(22)25-3,18(23)26-4)8-6-7-9-28-19(24)27-5/h10-11,21H,8-9,12H2,1-5H3. The van der Waals surface area contributed by atoms with Crippen LogP contribution in [0.25, 0.3) is 0 Å². The Morgan fingerprint density at radius 1 is 0.964 bits per heavy atom. The average Bonchev–Trinajstić information content (AvgIpc) is 2.69. The van der Waals surface area contributed by atoms with Crippen LogP contribution >= 0.6 is 0 Å². The quantitative estimate of drug-likeness (QED) is 0.339. The maximum Gasteiger partial charge on any atom is 0.508 e. The van der Waals surface area contributed by atoms with Crippen LogP contribution in [0.4, 0.5) is 4.79 Å². The first-order valence-corrected chi connectivity index (χ1v) is 8.34. The van der Waals surface area contributed by atoms with Crippen molar-refractivity contribution >= 4 is 18.1 Å². The number of benzene rings is 1. The van der Waals surface area contributed by atoms with E-state index < -0.39 is 23.5 Å². The number of hydrogen-bond acceptors (Lipinski definition) is 8. The molecule has 28 heavy (non-hydrogen) atoms. The van der Waals surface area contributed by atoms with Gasteiger partial charge in [-0.15, -0.1) is 0 Å². The third-order valence-corrected chi connectivity index (χ3v) is 4.15. The Balaban J connectivity index is 3.23. The molecule has 0 aliphatic rings. The Hall–Kier alpha value is -3.21. The molecule has 1 N–H and O–H groups in total. The fourth-order valence-electron chi connectivity index (χ4n) is 2.74. The lowest BCUT2D eigenvalue weighted by atomic mass is 9.78. The van der Waals surface area contributed by atoms with Crippen molar-refractivity contribution in [2.75, 3.05) is 27.9 Å². The number of rotatable bonds is 6. The molecule has 8 heteroatoms. The van der Waals surface area contributed by atoms with Gasteiger partial charge in [0.1, 0.15) is 5.75 Å². The topological polar surface area (TPSA) is 108 Å². The van der Waals surface area contributed by atoms with Gasteiger partial charge in [0.2, 0.25) is 0 Å². The molecule has 0 radical (unpaired) electrons. The summed E-state index contributed by atoms with van der Waals surface area (Å²) in [7, 11) is 3.50. The number of esters is 2. The summed E-state index contributed by atoms with van der Waals surface area (Å²) in [6.07, 6.45) is -1.15. The van der Waals surface area contributed by atoms with Gasteiger partial charge in [0.15, 0.2) is 12.0 Å². The zero-order valence-corrected chi connectivity index (χ0v) is 16.6. The highest BCUT2D eigenvalue weighted by atomic mass is 16.7. The molecule has 0 saturated carbocycles. The largest absolute Gasteiger partial charge is 0.508 e. The van der Waals surface area contributed by atoms with Gasteiger partial charge in [0, 0.05) is 12.8 Å². The molecular formula is C20H24O8. The molecule has 0 heterocycles. The predicted octanol–water partition coefficient (Wildman–Crippen LogP) is 2.06. The van der Waals surface area contributed by atoms with Gasteiger partial charge in [0.25, 0.3) is 0 Å². The van der Waals surface area contributed by atoms with Crippen LogP contribution in [0.5, 0.6) is 5.75 Å². The molecule has 0 unspecified atom stereocenters. The summed E-state index contributed by atoms with van der Waals surface area (Å²) in [6.45, 7) is 3.17. The van der Waals surface area contributed by atoms with E-state index in [-0.39, 0.29) is 25.2 Å². The highest BCUT2D eigenvalue weighted by Gasteiger charge is 2.48. The molecule has 0 spiro atoms. The fraction of sp³-hybridized carbons (Fsp3) is 0.450. The van der Waals surface area contributed by atoms with Crippen LogP contribution in [0.1, 0.15) is 23.1 Å². The normalized spacial score (nSPS) is 10.3. The lowest BCUT2D eigenvalue weighted by Gasteiger charge is -2.26. The molecule has 0 saturated heterocycles. The third-order valence-electron chi connectivity index (χ3n) is 4.15. The van der Waals surface area contributed by atoms with Crippen LogP contribution in [0, 0.1) is 31.1 Å². The van der Waals surface area contributed by atoms with Crippen LogP contribution < -0.4 is 0 Å². The Morgan fingerprint density at radius 2 is 1.50 bits per heavy atom. The first-order chi connectivity index (χ1) is 13.2. The van der Waals surface area contributed by atoms with E-state index in [1.807, 2.05) is 0 Å². The van der Waals surface area contributed by atoms with Crippen molar-refractivity contribution in [1.82, 2.24) is 0 Å². The fourth-order valence-corrected chi connectivity index (χ4v) is 2.74. The second-order valence-electron chi connectivity index (χ2n) is 6.09. The van der Waals surface area contributed by atoms with E-state index in [0.717, 1.165) is 7.11 Å². The second kappa shape index (κ2) is 10.2. The molecule has 0 fully saturated rings. The Kier molecular flexibility index (Phi) is 8.32. The third kappa shape index (κ3) is 5.39. The van der Waals surface area contributed by atoms with Gasteiger partial charge >= 0.3 is 18.1 Å². The van der Waals surface area contributed by atoms with Crippen LogP contribution in [0.3, 0.4) is 0 Å². The van der Waals surface area contributed by atoms with Gasteiger partial charge in [0.05, 0.1) is 21.3 Å². The lowest BCUT2D eigenvalue weighted by Crippen LogP contribution is -2.43. The van der Waals surface area contributed by atoms with Crippen molar-refractivity contribution in [2.45, 2.75) is 26.7 Å². The maximum absolute atomic E-state index is 12.5. The zero-order chi connectivity index (χ0) is 21.3. The van der Waals surface area contributed by atoms with E-state index in [9.17, 15) is 19.5 Å². The van der Waals surface area contributed by atoms with E-state index in [1.165, 1.54) is 14.2 Å². The molecule has 0 atom stereocenters. The molecule has 8 nitrogen and oxygen atoms in total. The van der Waals surface area contributed by atoms with E-state index in [0.29, 0.717) is 16.7 Å². The number of carbonyl (C=O) groups is 3. The molecule has 0 aliphatic heterocycles. The summed E-state index contributed by atoms with van der Waals surface area (Å²) in [6, 6.07) is 3.35. The first-order valence-electron chi connectivity index (χ1n) is 8.34. The number of aryl methyl sites for hydroxylation is 2. The summed E-state index contributed by atoms with van der Waals surface area (Å²) in [4.78, 5) is 36.0. The highest BCUT2D eigenvalue weighted by Crippen LogP contribution is 2.33. The van der Waals surface area contributed by atoms with Gasteiger partial charge in [-0.3, -0.25) is 9.59 Å². The van der Waals surface area contributed by atoms with Crippen LogP contribution in [0.15, 0.2) is 12.1 Å². The van der Waals surface area contributed by atoms with Crippen LogP contribution in [0.2, 0.25) is 0 Å². The Bertz CT molecular complexity index is 761. The van der Waals surface area contributed by atoms with Crippen molar-refractivity contribution in [3.8, 4) is 17.6 Å². The molecule has 152 valence electrons.